The van der Waals surface area contributed by atoms with Gasteiger partial charge in [-0.3, -0.25) is 0 Å². The van der Waals surface area contributed by atoms with E-state index in [-0.39, 0.29) is 6.09 Å². The highest BCUT2D eigenvalue weighted by molar-refractivity contribution is 5.67. The summed E-state index contributed by atoms with van der Waals surface area (Å²) in [5, 5.41) is 6.21. The average Bonchev–Trinajstić information content (AvgIpc) is 2.42. The van der Waals surface area contributed by atoms with E-state index in [0.717, 1.165) is 19.5 Å². The SMILES string of the molecule is CC(C)(C)OC(=O)NCCC1CNCC1(C)C. The zero-order valence-corrected chi connectivity index (χ0v) is 11.7. The molecule has 1 unspecified atom stereocenters. The number of amides is 1. The third-order valence-electron chi connectivity index (χ3n) is 3.24. The lowest BCUT2D eigenvalue weighted by molar-refractivity contribution is 0.0522. The lowest BCUT2D eigenvalue weighted by Gasteiger charge is -2.26. The fraction of sp³-hybridized carbons (Fsp3) is 0.923. The molecule has 1 rings (SSSR count). The van der Waals surface area contributed by atoms with E-state index in [1.165, 1.54) is 0 Å². The molecule has 0 spiro atoms. The Hall–Kier alpha value is -0.770. The van der Waals surface area contributed by atoms with Gasteiger partial charge in [0.1, 0.15) is 5.60 Å². The molecule has 1 fully saturated rings. The largest absolute Gasteiger partial charge is 0.444 e. The topological polar surface area (TPSA) is 50.4 Å². The van der Waals surface area contributed by atoms with Crippen LogP contribution in [0.1, 0.15) is 41.0 Å². The molecule has 0 aromatic rings. The second kappa shape index (κ2) is 5.25. The highest BCUT2D eigenvalue weighted by Crippen LogP contribution is 2.32. The van der Waals surface area contributed by atoms with Crippen LogP contribution < -0.4 is 10.6 Å². The molecule has 0 aliphatic carbocycles. The Morgan fingerprint density at radius 2 is 2.12 bits per heavy atom. The number of rotatable bonds is 3. The summed E-state index contributed by atoms with van der Waals surface area (Å²) in [6.07, 6.45) is 0.681. The first kappa shape index (κ1) is 14.3. The van der Waals surface area contributed by atoms with Gasteiger partial charge in [-0.1, -0.05) is 13.8 Å². The van der Waals surface area contributed by atoms with E-state index >= 15 is 0 Å². The molecule has 2 N–H and O–H groups in total. The highest BCUT2D eigenvalue weighted by atomic mass is 16.6. The molecule has 0 aromatic heterocycles. The molecule has 100 valence electrons. The van der Waals surface area contributed by atoms with Crippen LogP contribution in [0, 0.1) is 11.3 Å². The van der Waals surface area contributed by atoms with Gasteiger partial charge in [0, 0.05) is 13.1 Å². The maximum Gasteiger partial charge on any atom is 0.407 e. The van der Waals surface area contributed by atoms with Gasteiger partial charge in [0.15, 0.2) is 0 Å². The predicted octanol–water partition coefficient (Wildman–Crippen LogP) is 2.15. The van der Waals surface area contributed by atoms with Crippen molar-refractivity contribution in [3.05, 3.63) is 0 Å². The van der Waals surface area contributed by atoms with Crippen molar-refractivity contribution in [2.75, 3.05) is 19.6 Å². The van der Waals surface area contributed by atoms with Crippen LogP contribution in [0.4, 0.5) is 4.79 Å². The molecule has 1 aliphatic rings. The van der Waals surface area contributed by atoms with Crippen molar-refractivity contribution in [3.8, 4) is 0 Å². The van der Waals surface area contributed by atoms with E-state index < -0.39 is 5.60 Å². The number of carbonyl (C=O) groups excluding carboxylic acids is 1. The van der Waals surface area contributed by atoms with Gasteiger partial charge in [0.2, 0.25) is 0 Å². The van der Waals surface area contributed by atoms with E-state index in [1.807, 2.05) is 20.8 Å². The Bertz CT molecular complexity index is 269. The molecule has 4 heteroatoms. The maximum absolute atomic E-state index is 11.4. The molecule has 1 heterocycles. The van der Waals surface area contributed by atoms with E-state index in [0.29, 0.717) is 17.9 Å². The molecule has 0 aromatic carbocycles. The standard InChI is InChI=1S/C13H26N2O2/c1-12(2,3)17-11(16)15-7-6-10-8-14-9-13(10,4)5/h10,14H,6-9H2,1-5H3,(H,15,16). The normalized spacial score (nSPS) is 23.5. The summed E-state index contributed by atoms with van der Waals surface area (Å²) in [5.74, 6) is 0.623. The van der Waals surface area contributed by atoms with E-state index in [2.05, 4.69) is 24.5 Å². The lowest BCUT2D eigenvalue weighted by Crippen LogP contribution is -2.34. The third kappa shape index (κ3) is 4.94. The van der Waals surface area contributed by atoms with Crippen molar-refractivity contribution in [2.45, 2.75) is 46.6 Å². The Balaban J connectivity index is 2.22. The van der Waals surface area contributed by atoms with Crippen molar-refractivity contribution in [2.24, 2.45) is 11.3 Å². The number of hydrogen-bond donors (Lipinski definition) is 2. The molecule has 0 saturated carbocycles. The second-order valence-corrected chi connectivity index (χ2v) is 6.53. The van der Waals surface area contributed by atoms with Crippen LogP contribution in [-0.2, 0) is 4.74 Å². The van der Waals surface area contributed by atoms with Crippen LogP contribution in [0.25, 0.3) is 0 Å². The Labute approximate surface area is 104 Å². The number of nitrogens with one attached hydrogen (secondary N) is 2. The summed E-state index contributed by atoms with van der Waals surface area (Å²) < 4.78 is 5.19. The summed E-state index contributed by atoms with van der Waals surface area (Å²) in [6, 6.07) is 0. The Morgan fingerprint density at radius 1 is 1.47 bits per heavy atom. The quantitative estimate of drug-likeness (QED) is 0.797. The molecule has 1 saturated heterocycles. The van der Waals surface area contributed by atoms with Crippen molar-refractivity contribution < 1.29 is 9.53 Å². The molecule has 0 radical (unpaired) electrons. The van der Waals surface area contributed by atoms with Crippen LogP contribution in [0.15, 0.2) is 0 Å². The second-order valence-electron chi connectivity index (χ2n) is 6.53. The third-order valence-corrected chi connectivity index (χ3v) is 3.24. The Kier molecular flexibility index (Phi) is 4.42. The summed E-state index contributed by atoms with van der Waals surface area (Å²) in [5.41, 5.74) is -0.0894. The molecular formula is C13H26N2O2. The Morgan fingerprint density at radius 3 is 2.59 bits per heavy atom. The summed E-state index contributed by atoms with van der Waals surface area (Å²) in [7, 11) is 0. The summed E-state index contributed by atoms with van der Waals surface area (Å²) in [6.45, 7) is 12.9. The van der Waals surface area contributed by atoms with Gasteiger partial charge in [0.25, 0.3) is 0 Å². The zero-order chi connectivity index (χ0) is 13.1. The first-order valence-corrected chi connectivity index (χ1v) is 6.38. The average molecular weight is 242 g/mol. The number of carbonyl (C=O) groups is 1. The number of alkyl carbamates (subject to hydrolysis) is 1. The van der Waals surface area contributed by atoms with Crippen LogP contribution in [-0.4, -0.2) is 31.3 Å². The van der Waals surface area contributed by atoms with Crippen LogP contribution in [0.2, 0.25) is 0 Å². The van der Waals surface area contributed by atoms with Crippen molar-refractivity contribution in [1.29, 1.82) is 0 Å². The van der Waals surface area contributed by atoms with Crippen molar-refractivity contribution in [3.63, 3.8) is 0 Å². The molecule has 4 nitrogen and oxygen atoms in total. The number of ether oxygens (including phenoxy) is 1. The lowest BCUT2D eigenvalue weighted by atomic mass is 9.80. The first-order chi connectivity index (χ1) is 7.71. The van der Waals surface area contributed by atoms with Gasteiger partial charge < -0.3 is 15.4 Å². The molecule has 0 bridgehead atoms. The maximum atomic E-state index is 11.4. The van der Waals surface area contributed by atoms with Crippen molar-refractivity contribution in [1.82, 2.24) is 10.6 Å². The minimum absolute atomic E-state index is 0.318. The highest BCUT2D eigenvalue weighted by Gasteiger charge is 2.33. The van der Waals surface area contributed by atoms with Crippen LogP contribution in [0.3, 0.4) is 0 Å². The molecule has 1 aliphatic heterocycles. The van der Waals surface area contributed by atoms with Gasteiger partial charge in [0.05, 0.1) is 0 Å². The smallest absolute Gasteiger partial charge is 0.407 e. The number of hydrogen-bond acceptors (Lipinski definition) is 3. The minimum Gasteiger partial charge on any atom is -0.444 e. The molecule has 1 atom stereocenters. The van der Waals surface area contributed by atoms with Gasteiger partial charge in [-0.25, -0.2) is 4.79 Å². The summed E-state index contributed by atoms with van der Waals surface area (Å²) >= 11 is 0. The molecule has 17 heavy (non-hydrogen) atoms. The minimum atomic E-state index is -0.418. The van der Waals surface area contributed by atoms with E-state index in [9.17, 15) is 4.79 Å². The molecular weight excluding hydrogens is 216 g/mol. The van der Waals surface area contributed by atoms with Gasteiger partial charge in [-0.05, 0) is 45.1 Å². The first-order valence-electron chi connectivity index (χ1n) is 6.38. The van der Waals surface area contributed by atoms with E-state index in [1.54, 1.807) is 0 Å². The zero-order valence-electron chi connectivity index (χ0n) is 11.7. The van der Waals surface area contributed by atoms with Crippen molar-refractivity contribution >= 4 is 6.09 Å². The fourth-order valence-corrected chi connectivity index (χ4v) is 2.14. The van der Waals surface area contributed by atoms with Crippen LogP contribution >= 0.6 is 0 Å². The van der Waals surface area contributed by atoms with Crippen LogP contribution in [0.5, 0.6) is 0 Å². The van der Waals surface area contributed by atoms with Gasteiger partial charge in [-0.2, -0.15) is 0 Å². The monoisotopic (exact) mass is 242 g/mol. The summed E-state index contributed by atoms with van der Waals surface area (Å²) in [4.78, 5) is 11.4. The van der Waals surface area contributed by atoms with Gasteiger partial charge in [-0.15, -0.1) is 0 Å². The van der Waals surface area contributed by atoms with Gasteiger partial charge >= 0.3 is 6.09 Å². The molecule has 1 amide bonds. The fourth-order valence-electron chi connectivity index (χ4n) is 2.14. The van der Waals surface area contributed by atoms with E-state index in [4.69, 9.17) is 4.74 Å². The predicted molar refractivity (Wildman–Crippen MR) is 69.0 cm³/mol.